The lowest BCUT2D eigenvalue weighted by atomic mass is 10.1. The molecule has 2 N–H and O–H groups in total. The molecule has 0 aromatic heterocycles. The summed E-state index contributed by atoms with van der Waals surface area (Å²) < 4.78 is 0. The first-order chi connectivity index (χ1) is 6.72. The lowest BCUT2D eigenvalue weighted by molar-refractivity contribution is -0.137. The van der Waals surface area contributed by atoms with Gasteiger partial charge >= 0.3 is 5.97 Å². The van der Waals surface area contributed by atoms with Gasteiger partial charge in [0.15, 0.2) is 0 Å². The topological polar surface area (TPSA) is 73.1 Å². The fourth-order valence-electron chi connectivity index (χ4n) is 1.63. The Morgan fingerprint density at radius 3 is 3.07 bits per heavy atom. The van der Waals surface area contributed by atoms with E-state index in [9.17, 15) is 4.79 Å². The molecule has 4 nitrogen and oxygen atoms in total. The summed E-state index contributed by atoms with van der Waals surface area (Å²) in [4.78, 5) is 10.7. The van der Waals surface area contributed by atoms with Crippen LogP contribution in [0.5, 0.6) is 0 Å². The second-order valence-electron chi connectivity index (χ2n) is 3.19. The Morgan fingerprint density at radius 1 is 1.64 bits per heavy atom. The Bertz CT molecular complexity index is 434. The first-order valence-corrected chi connectivity index (χ1v) is 4.23. The van der Waals surface area contributed by atoms with Crippen LogP contribution in [0.1, 0.15) is 11.1 Å². The summed E-state index contributed by atoms with van der Waals surface area (Å²) in [6.45, 7) is 0. The number of nitrogens with zero attached hydrogens (tertiary/aromatic N) is 1. The fraction of sp³-hybridized carbons (Fsp3) is 0.200. The summed E-state index contributed by atoms with van der Waals surface area (Å²) in [5.41, 5.74) is 2.07. The molecule has 0 saturated heterocycles. The molecule has 1 aliphatic rings. The second-order valence-corrected chi connectivity index (χ2v) is 3.19. The predicted octanol–water partition coefficient (Wildman–Crippen LogP) is 0.979. The normalized spacial score (nSPS) is 18.1. The van der Waals surface area contributed by atoms with Gasteiger partial charge in [-0.1, -0.05) is 12.1 Å². The number of aliphatic carboxylic acids is 1. The molecule has 14 heavy (non-hydrogen) atoms. The molecule has 1 atom stereocenters. The van der Waals surface area contributed by atoms with Gasteiger partial charge in [0.1, 0.15) is 12.1 Å². The molecular weight excluding hydrogens is 180 g/mol. The zero-order valence-electron chi connectivity index (χ0n) is 7.32. The molecule has 70 valence electrons. The van der Waals surface area contributed by atoms with Gasteiger partial charge in [0.2, 0.25) is 0 Å². The van der Waals surface area contributed by atoms with Crippen molar-refractivity contribution >= 4 is 11.7 Å². The average molecular weight is 188 g/mol. The smallest absolute Gasteiger partial charge is 0.326 e. The van der Waals surface area contributed by atoms with Gasteiger partial charge < -0.3 is 10.4 Å². The van der Waals surface area contributed by atoms with E-state index in [0.717, 1.165) is 5.56 Å². The zero-order valence-corrected chi connectivity index (χ0v) is 7.32. The van der Waals surface area contributed by atoms with Crippen molar-refractivity contribution in [2.75, 3.05) is 5.32 Å². The number of benzene rings is 1. The average Bonchev–Trinajstić information content (AvgIpc) is 2.60. The quantitative estimate of drug-likeness (QED) is 0.689. The minimum Gasteiger partial charge on any atom is -0.480 e. The van der Waals surface area contributed by atoms with Crippen molar-refractivity contribution in [3.63, 3.8) is 0 Å². The van der Waals surface area contributed by atoms with Crippen LogP contribution in [0.4, 0.5) is 5.69 Å². The maximum Gasteiger partial charge on any atom is 0.326 e. The van der Waals surface area contributed by atoms with Crippen LogP contribution in [0.25, 0.3) is 0 Å². The number of carboxylic acids is 1. The van der Waals surface area contributed by atoms with Crippen molar-refractivity contribution in [3.8, 4) is 6.07 Å². The van der Waals surface area contributed by atoms with Crippen molar-refractivity contribution in [1.82, 2.24) is 0 Å². The first kappa shape index (κ1) is 8.57. The first-order valence-electron chi connectivity index (χ1n) is 4.23. The maximum atomic E-state index is 10.7. The van der Waals surface area contributed by atoms with E-state index in [1.165, 1.54) is 0 Å². The second kappa shape index (κ2) is 3.04. The number of hydrogen-bond donors (Lipinski definition) is 2. The molecule has 0 spiro atoms. The van der Waals surface area contributed by atoms with E-state index in [1.807, 2.05) is 12.1 Å². The number of rotatable bonds is 1. The van der Waals surface area contributed by atoms with Gasteiger partial charge in [-0.25, -0.2) is 4.79 Å². The highest BCUT2D eigenvalue weighted by Gasteiger charge is 2.27. The van der Waals surface area contributed by atoms with E-state index in [-0.39, 0.29) is 0 Å². The molecule has 1 aromatic rings. The van der Waals surface area contributed by atoms with E-state index < -0.39 is 12.0 Å². The summed E-state index contributed by atoms with van der Waals surface area (Å²) >= 11 is 0. The number of carbonyl (C=O) groups is 1. The van der Waals surface area contributed by atoms with E-state index >= 15 is 0 Å². The Balaban J connectivity index is 2.40. The van der Waals surface area contributed by atoms with E-state index in [1.54, 1.807) is 12.1 Å². The number of nitrogens with one attached hydrogen (secondary N) is 1. The molecule has 2 rings (SSSR count). The molecular formula is C10H8N2O2. The van der Waals surface area contributed by atoms with Crippen molar-refractivity contribution in [2.45, 2.75) is 12.5 Å². The summed E-state index contributed by atoms with van der Waals surface area (Å²) in [7, 11) is 0. The lowest BCUT2D eigenvalue weighted by Gasteiger charge is -2.04. The van der Waals surface area contributed by atoms with Crippen LogP contribution in [-0.4, -0.2) is 17.1 Å². The Kier molecular flexibility index (Phi) is 1.86. The highest BCUT2D eigenvalue weighted by Crippen LogP contribution is 2.28. The van der Waals surface area contributed by atoms with Crippen molar-refractivity contribution in [2.24, 2.45) is 0 Å². The molecule has 0 fully saturated rings. The Hall–Kier alpha value is -2.02. The van der Waals surface area contributed by atoms with Gasteiger partial charge in [0.25, 0.3) is 0 Å². The summed E-state index contributed by atoms with van der Waals surface area (Å²) in [5, 5.41) is 20.4. The monoisotopic (exact) mass is 188 g/mol. The van der Waals surface area contributed by atoms with Gasteiger partial charge in [-0.15, -0.1) is 0 Å². The van der Waals surface area contributed by atoms with Crippen LogP contribution < -0.4 is 5.32 Å². The van der Waals surface area contributed by atoms with Crippen LogP contribution in [0, 0.1) is 11.3 Å². The predicted molar refractivity (Wildman–Crippen MR) is 49.9 cm³/mol. The SMILES string of the molecule is N#Cc1cccc2c1N[C@H](C(=O)O)C2. The third-order valence-corrected chi connectivity index (χ3v) is 2.31. The number of carboxylic acid groups (broad SMARTS) is 1. The standard InChI is InChI=1S/C10H8N2O2/c11-5-7-3-1-2-6-4-8(10(13)14)12-9(6)7/h1-3,8,12H,4H2,(H,13,14)/t8-/m0/s1. The molecule has 0 aliphatic carbocycles. The zero-order chi connectivity index (χ0) is 10.1. The fourth-order valence-corrected chi connectivity index (χ4v) is 1.63. The summed E-state index contributed by atoms with van der Waals surface area (Å²) in [5.74, 6) is -0.884. The molecule has 1 heterocycles. The molecule has 4 heteroatoms. The van der Waals surface area contributed by atoms with Crippen LogP contribution in [-0.2, 0) is 11.2 Å². The number of anilines is 1. The van der Waals surface area contributed by atoms with E-state index in [2.05, 4.69) is 5.32 Å². The Labute approximate surface area is 80.8 Å². The largest absolute Gasteiger partial charge is 0.480 e. The maximum absolute atomic E-state index is 10.7. The molecule has 0 amide bonds. The van der Waals surface area contributed by atoms with Crippen molar-refractivity contribution in [3.05, 3.63) is 29.3 Å². The minimum absolute atomic E-state index is 0.445. The lowest BCUT2D eigenvalue weighted by Crippen LogP contribution is -2.26. The number of fused-ring (bicyclic) bond motifs is 1. The van der Waals surface area contributed by atoms with Crippen LogP contribution >= 0.6 is 0 Å². The van der Waals surface area contributed by atoms with Gasteiger partial charge in [-0.2, -0.15) is 5.26 Å². The highest BCUT2D eigenvalue weighted by molar-refractivity contribution is 5.82. The number of para-hydroxylation sites is 1. The summed E-state index contributed by atoms with van der Waals surface area (Å²) in [6.07, 6.45) is 0.445. The van der Waals surface area contributed by atoms with Crippen molar-refractivity contribution < 1.29 is 9.90 Å². The molecule has 0 unspecified atom stereocenters. The van der Waals surface area contributed by atoms with Crippen molar-refractivity contribution in [1.29, 1.82) is 5.26 Å². The third-order valence-electron chi connectivity index (χ3n) is 2.31. The van der Waals surface area contributed by atoms with Crippen LogP contribution in [0.2, 0.25) is 0 Å². The van der Waals surface area contributed by atoms with E-state index in [0.29, 0.717) is 17.7 Å². The van der Waals surface area contributed by atoms with Crippen LogP contribution in [0.15, 0.2) is 18.2 Å². The third kappa shape index (κ3) is 1.19. The van der Waals surface area contributed by atoms with Gasteiger partial charge in [-0.3, -0.25) is 0 Å². The van der Waals surface area contributed by atoms with Gasteiger partial charge in [-0.05, 0) is 11.6 Å². The van der Waals surface area contributed by atoms with Gasteiger partial charge in [0.05, 0.1) is 11.3 Å². The molecule has 1 aromatic carbocycles. The molecule has 0 bridgehead atoms. The van der Waals surface area contributed by atoms with Gasteiger partial charge in [0, 0.05) is 6.42 Å². The van der Waals surface area contributed by atoms with E-state index in [4.69, 9.17) is 10.4 Å². The molecule has 0 saturated carbocycles. The minimum atomic E-state index is -0.884. The Morgan fingerprint density at radius 2 is 2.43 bits per heavy atom. The molecule has 1 aliphatic heterocycles. The van der Waals surface area contributed by atoms with Crippen LogP contribution in [0.3, 0.4) is 0 Å². The number of nitriles is 1. The summed E-state index contributed by atoms with van der Waals surface area (Å²) in [6, 6.07) is 6.72. The highest BCUT2D eigenvalue weighted by atomic mass is 16.4. The molecule has 0 radical (unpaired) electrons. The number of hydrogen-bond acceptors (Lipinski definition) is 3.